The van der Waals surface area contributed by atoms with Gasteiger partial charge in [0.1, 0.15) is 16.4 Å². The van der Waals surface area contributed by atoms with Crippen LogP contribution in [0, 0.1) is 17.1 Å². The molecule has 0 aliphatic heterocycles. The largest absolute Gasteiger partial charge is 0.433 e. The van der Waals surface area contributed by atoms with Crippen molar-refractivity contribution in [1.82, 2.24) is 9.97 Å². The van der Waals surface area contributed by atoms with Crippen LogP contribution in [0.25, 0.3) is 11.4 Å². The predicted octanol–water partition coefficient (Wildman–Crippen LogP) is 3.91. The Hall–Kier alpha value is -3.39. The fourth-order valence-corrected chi connectivity index (χ4v) is 3.35. The van der Waals surface area contributed by atoms with Gasteiger partial charge in [-0.3, -0.25) is 4.72 Å². The van der Waals surface area contributed by atoms with E-state index in [1.807, 2.05) is 4.72 Å². The monoisotopic (exact) mass is 410 g/mol. The lowest BCUT2D eigenvalue weighted by Gasteiger charge is -2.07. The first-order valence-corrected chi connectivity index (χ1v) is 9.04. The highest BCUT2D eigenvalue weighted by Crippen LogP contribution is 2.30. The van der Waals surface area contributed by atoms with Gasteiger partial charge < -0.3 is 4.98 Å². The highest BCUT2D eigenvalue weighted by Gasteiger charge is 2.32. The van der Waals surface area contributed by atoms with Crippen molar-refractivity contribution in [1.29, 1.82) is 5.26 Å². The second kappa shape index (κ2) is 6.97. The highest BCUT2D eigenvalue weighted by molar-refractivity contribution is 7.92. The SMILES string of the molecule is N#Cc1ccc(NS(=O)(=O)c2c[nH]c(-c3cccc(C(F)(F)F)n3)c2)c(F)c1. The van der Waals surface area contributed by atoms with Gasteiger partial charge in [0.05, 0.1) is 28.7 Å². The van der Waals surface area contributed by atoms with Crippen LogP contribution in [0.1, 0.15) is 11.3 Å². The molecule has 28 heavy (non-hydrogen) atoms. The highest BCUT2D eigenvalue weighted by atomic mass is 32.2. The Bertz CT molecular complexity index is 1180. The first-order valence-electron chi connectivity index (χ1n) is 7.56. The number of hydrogen-bond donors (Lipinski definition) is 2. The van der Waals surface area contributed by atoms with Crippen molar-refractivity contribution in [2.75, 3.05) is 4.72 Å². The van der Waals surface area contributed by atoms with Crippen molar-refractivity contribution < 1.29 is 26.0 Å². The number of aromatic nitrogens is 2. The van der Waals surface area contributed by atoms with Crippen molar-refractivity contribution in [3.63, 3.8) is 0 Å². The van der Waals surface area contributed by atoms with Crippen LogP contribution in [0.5, 0.6) is 0 Å². The quantitative estimate of drug-likeness (QED) is 0.637. The van der Waals surface area contributed by atoms with Gasteiger partial charge in [0.2, 0.25) is 0 Å². The third kappa shape index (κ3) is 3.96. The van der Waals surface area contributed by atoms with Crippen molar-refractivity contribution in [3.05, 3.63) is 65.7 Å². The number of alkyl halides is 3. The van der Waals surface area contributed by atoms with Gasteiger partial charge in [-0.2, -0.15) is 18.4 Å². The van der Waals surface area contributed by atoms with Crippen LogP contribution in [0.4, 0.5) is 23.2 Å². The lowest BCUT2D eigenvalue weighted by Crippen LogP contribution is -2.13. The molecule has 3 rings (SSSR count). The van der Waals surface area contributed by atoms with E-state index in [-0.39, 0.29) is 27.5 Å². The summed E-state index contributed by atoms with van der Waals surface area (Å²) < 4.78 is 79.1. The minimum absolute atomic E-state index is 0.0139. The molecule has 0 atom stereocenters. The molecule has 3 aromatic rings. The van der Waals surface area contributed by atoms with Crippen LogP contribution in [0.2, 0.25) is 0 Å². The van der Waals surface area contributed by atoms with Gasteiger partial charge in [-0.25, -0.2) is 17.8 Å². The fourth-order valence-electron chi connectivity index (χ4n) is 2.29. The van der Waals surface area contributed by atoms with Gasteiger partial charge in [-0.05, 0) is 36.4 Å². The predicted molar refractivity (Wildman–Crippen MR) is 90.9 cm³/mol. The molecule has 0 radical (unpaired) electrons. The molecule has 2 aromatic heterocycles. The Morgan fingerprint density at radius 3 is 2.54 bits per heavy atom. The van der Waals surface area contributed by atoms with E-state index in [1.54, 1.807) is 6.07 Å². The molecule has 1 aromatic carbocycles. The van der Waals surface area contributed by atoms with E-state index in [1.165, 1.54) is 12.1 Å². The number of nitrogens with zero attached hydrogens (tertiary/aromatic N) is 2. The summed E-state index contributed by atoms with van der Waals surface area (Å²) in [6.07, 6.45) is -3.60. The maximum atomic E-state index is 13.9. The van der Waals surface area contributed by atoms with E-state index in [2.05, 4.69) is 9.97 Å². The molecule has 0 spiro atoms. The standard InChI is InChI=1S/C17H10F4N4O2S/c18-12-6-10(8-22)4-5-13(12)25-28(26,27)11-7-15(23-9-11)14-2-1-3-16(24-14)17(19,20)21/h1-7,9,23,25H. The summed E-state index contributed by atoms with van der Waals surface area (Å²) in [6, 6.07) is 9.20. The molecule has 0 fully saturated rings. The van der Waals surface area contributed by atoms with Gasteiger partial charge in [0.25, 0.3) is 10.0 Å². The molecule has 0 saturated heterocycles. The van der Waals surface area contributed by atoms with E-state index in [0.717, 1.165) is 36.5 Å². The molecular weight excluding hydrogens is 400 g/mol. The van der Waals surface area contributed by atoms with Gasteiger partial charge in [0, 0.05) is 6.20 Å². The minimum Gasteiger partial charge on any atom is -0.359 e. The second-order valence-electron chi connectivity index (χ2n) is 5.57. The zero-order valence-electron chi connectivity index (χ0n) is 13.7. The molecule has 0 aliphatic carbocycles. The van der Waals surface area contributed by atoms with Crippen molar-refractivity contribution in [2.24, 2.45) is 0 Å². The van der Waals surface area contributed by atoms with Crippen LogP contribution in [0.3, 0.4) is 0 Å². The smallest absolute Gasteiger partial charge is 0.359 e. The van der Waals surface area contributed by atoms with E-state index in [9.17, 15) is 26.0 Å². The summed E-state index contributed by atoms with van der Waals surface area (Å²) in [7, 11) is -4.24. The molecular formula is C17H10F4N4O2S. The Balaban J connectivity index is 1.90. The van der Waals surface area contributed by atoms with Crippen LogP contribution >= 0.6 is 0 Å². The first-order chi connectivity index (χ1) is 13.1. The number of benzene rings is 1. The number of sulfonamides is 1. The number of hydrogen-bond acceptors (Lipinski definition) is 4. The van der Waals surface area contributed by atoms with E-state index < -0.39 is 27.7 Å². The summed E-state index contributed by atoms with van der Waals surface area (Å²) in [5.74, 6) is -0.946. The number of anilines is 1. The molecule has 2 N–H and O–H groups in total. The van der Waals surface area contributed by atoms with Crippen LogP contribution < -0.4 is 4.72 Å². The molecule has 0 saturated carbocycles. The fraction of sp³-hybridized carbons (Fsp3) is 0.0588. The number of nitriles is 1. The molecule has 0 aliphatic rings. The van der Waals surface area contributed by atoms with Crippen molar-refractivity contribution >= 4 is 15.7 Å². The Morgan fingerprint density at radius 2 is 1.89 bits per heavy atom. The van der Waals surface area contributed by atoms with Crippen LogP contribution in [-0.2, 0) is 16.2 Å². The topological polar surface area (TPSA) is 98.6 Å². The average Bonchev–Trinajstić information content (AvgIpc) is 3.14. The first kappa shape index (κ1) is 19.4. The molecule has 11 heteroatoms. The number of H-pyrrole nitrogens is 1. The van der Waals surface area contributed by atoms with E-state index in [4.69, 9.17) is 5.26 Å². The zero-order chi connectivity index (χ0) is 20.5. The van der Waals surface area contributed by atoms with Crippen LogP contribution in [-0.4, -0.2) is 18.4 Å². The molecule has 0 amide bonds. The molecule has 0 unspecified atom stereocenters. The summed E-state index contributed by atoms with van der Waals surface area (Å²) in [5, 5.41) is 8.71. The minimum atomic E-state index is -4.65. The Morgan fingerprint density at radius 1 is 1.14 bits per heavy atom. The average molecular weight is 410 g/mol. The normalized spacial score (nSPS) is 11.8. The van der Waals surface area contributed by atoms with E-state index in [0.29, 0.717) is 0 Å². The maximum Gasteiger partial charge on any atom is 0.433 e. The molecule has 2 heterocycles. The van der Waals surface area contributed by atoms with Gasteiger partial charge >= 0.3 is 6.18 Å². The van der Waals surface area contributed by atoms with E-state index >= 15 is 0 Å². The molecule has 0 bridgehead atoms. The van der Waals surface area contributed by atoms with Gasteiger partial charge in [0.15, 0.2) is 0 Å². The summed E-state index contributed by atoms with van der Waals surface area (Å²) in [5.41, 5.74) is -1.56. The lowest BCUT2D eigenvalue weighted by molar-refractivity contribution is -0.141. The Kier molecular flexibility index (Phi) is 4.82. The molecule has 6 nitrogen and oxygen atoms in total. The molecule has 144 valence electrons. The summed E-state index contributed by atoms with van der Waals surface area (Å²) in [6.45, 7) is 0. The number of nitrogens with one attached hydrogen (secondary N) is 2. The second-order valence-corrected chi connectivity index (χ2v) is 7.25. The number of aromatic amines is 1. The third-order valence-electron chi connectivity index (χ3n) is 3.62. The van der Waals surface area contributed by atoms with Crippen molar-refractivity contribution in [2.45, 2.75) is 11.1 Å². The summed E-state index contributed by atoms with van der Waals surface area (Å²) >= 11 is 0. The van der Waals surface area contributed by atoms with Gasteiger partial charge in [-0.15, -0.1) is 0 Å². The van der Waals surface area contributed by atoms with Crippen molar-refractivity contribution in [3.8, 4) is 17.5 Å². The number of halogens is 4. The summed E-state index contributed by atoms with van der Waals surface area (Å²) in [4.78, 5) is 5.68. The number of rotatable bonds is 4. The zero-order valence-corrected chi connectivity index (χ0v) is 14.6. The van der Waals surface area contributed by atoms with Crippen LogP contribution in [0.15, 0.2) is 53.6 Å². The maximum absolute atomic E-state index is 13.9. The lowest BCUT2D eigenvalue weighted by atomic mass is 10.2. The van der Waals surface area contributed by atoms with Gasteiger partial charge in [-0.1, -0.05) is 6.07 Å². The Labute approximate surface area is 156 Å². The number of pyridine rings is 1. The third-order valence-corrected chi connectivity index (χ3v) is 4.97.